The zero-order valence-corrected chi connectivity index (χ0v) is 20.7. The van der Waals surface area contributed by atoms with Gasteiger partial charge in [0.05, 0.1) is 18.4 Å². The van der Waals surface area contributed by atoms with E-state index in [0.29, 0.717) is 21.5 Å². The minimum atomic E-state index is -0.724. The predicted molar refractivity (Wildman–Crippen MR) is 135 cm³/mol. The maximum atomic E-state index is 13.1. The number of ether oxygens (including phenoxy) is 2. The van der Waals surface area contributed by atoms with Crippen molar-refractivity contribution < 1.29 is 23.9 Å². The molecule has 1 aliphatic heterocycles. The third-order valence-corrected chi connectivity index (χ3v) is 5.96. The maximum Gasteiger partial charge on any atom is 0.343 e. The van der Waals surface area contributed by atoms with Gasteiger partial charge in [0.1, 0.15) is 22.2 Å². The van der Waals surface area contributed by atoms with Gasteiger partial charge >= 0.3 is 5.97 Å². The Morgan fingerprint density at radius 3 is 2.11 bits per heavy atom. The van der Waals surface area contributed by atoms with Crippen LogP contribution in [0.25, 0.3) is 0 Å². The number of hydrogen-bond donors (Lipinski definition) is 1. The molecule has 0 radical (unpaired) electrons. The molecule has 7 nitrogen and oxygen atoms in total. The monoisotopic (exact) mass is 530 g/mol. The zero-order chi connectivity index (χ0) is 25.3. The highest BCUT2D eigenvalue weighted by Crippen LogP contribution is 2.37. The molecule has 0 fully saturated rings. The zero-order valence-electron chi connectivity index (χ0n) is 18.4. The molecular formula is C25H17Cl3N2O5. The van der Waals surface area contributed by atoms with E-state index in [0.717, 1.165) is 10.5 Å². The molecule has 2 amide bonds. The van der Waals surface area contributed by atoms with Crippen molar-refractivity contribution >= 4 is 64.0 Å². The summed E-state index contributed by atoms with van der Waals surface area (Å²) in [5.74, 6) is -1.29. The number of aryl methyl sites for hydroxylation is 1. The maximum absolute atomic E-state index is 13.1. The lowest BCUT2D eigenvalue weighted by Gasteiger charge is -2.18. The van der Waals surface area contributed by atoms with Crippen LogP contribution in [0.15, 0.2) is 71.4 Å². The van der Waals surface area contributed by atoms with Crippen LogP contribution in [-0.4, -0.2) is 24.9 Å². The summed E-state index contributed by atoms with van der Waals surface area (Å²) in [6, 6.07) is 15.6. The van der Waals surface area contributed by atoms with Gasteiger partial charge in [-0.1, -0.05) is 34.8 Å². The van der Waals surface area contributed by atoms with Crippen LogP contribution in [0.3, 0.4) is 0 Å². The fourth-order valence-electron chi connectivity index (χ4n) is 3.39. The van der Waals surface area contributed by atoms with Gasteiger partial charge < -0.3 is 14.8 Å². The summed E-state index contributed by atoms with van der Waals surface area (Å²) in [5, 5.41) is 3.41. The van der Waals surface area contributed by atoms with Gasteiger partial charge in [-0.3, -0.25) is 9.59 Å². The van der Waals surface area contributed by atoms with E-state index in [2.05, 4.69) is 5.32 Å². The second kappa shape index (κ2) is 10.00. The summed E-state index contributed by atoms with van der Waals surface area (Å²) >= 11 is 18.2. The average Bonchev–Trinajstić information content (AvgIpc) is 3.04. The lowest BCUT2D eigenvalue weighted by Crippen LogP contribution is -2.32. The molecule has 4 rings (SSSR count). The van der Waals surface area contributed by atoms with Gasteiger partial charge in [0.15, 0.2) is 0 Å². The number of halogens is 3. The number of methoxy groups -OCH3 is 1. The summed E-state index contributed by atoms with van der Waals surface area (Å²) < 4.78 is 10.7. The molecule has 0 unspecified atom stereocenters. The van der Waals surface area contributed by atoms with Crippen molar-refractivity contribution in [3.63, 3.8) is 0 Å². The third kappa shape index (κ3) is 4.98. The molecule has 10 heteroatoms. The van der Waals surface area contributed by atoms with Crippen LogP contribution in [0.4, 0.5) is 11.4 Å². The van der Waals surface area contributed by atoms with Crippen LogP contribution >= 0.6 is 34.8 Å². The Morgan fingerprint density at radius 1 is 0.857 bits per heavy atom. The van der Waals surface area contributed by atoms with Crippen molar-refractivity contribution in [1.29, 1.82) is 0 Å². The second-order valence-corrected chi connectivity index (χ2v) is 8.70. The van der Waals surface area contributed by atoms with Crippen molar-refractivity contribution in [3.05, 3.63) is 92.6 Å². The fraction of sp³-hybridized carbons (Fsp3) is 0.0800. The lowest BCUT2D eigenvalue weighted by atomic mass is 10.2. The minimum absolute atomic E-state index is 0.120. The molecular weight excluding hydrogens is 515 g/mol. The fourth-order valence-corrected chi connectivity index (χ4v) is 3.99. The predicted octanol–water partition coefficient (Wildman–Crippen LogP) is 5.97. The van der Waals surface area contributed by atoms with Crippen LogP contribution in [0, 0.1) is 6.92 Å². The first kappa shape index (κ1) is 24.6. The van der Waals surface area contributed by atoms with Crippen LogP contribution in [0.1, 0.15) is 15.9 Å². The van der Waals surface area contributed by atoms with Crippen LogP contribution in [-0.2, 0) is 9.59 Å². The Labute approximate surface area is 215 Å². The number of nitrogens with zero attached hydrogens (tertiary/aromatic N) is 1. The van der Waals surface area contributed by atoms with Crippen molar-refractivity contribution in [2.45, 2.75) is 6.92 Å². The van der Waals surface area contributed by atoms with E-state index in [1.165, 1.54) is 25.3 Å². The Balaban J connectivity index is 1.51. The summed E-state index contributed by atoms with van der Waals surface area (Å²) in [4.78, 5) is 39.2. The average molecular weight is 532 g/mol. The summed E-state index contributed by atoms with van der Waals surface area (Å²) in [6.07, 6.45) is 0. The third-order valence-electron chi connectivity index (χ3n) is 5.14. The first-order chi connectivity index (χ1) is 16.7. The highest BCUT2D eigenvalue weighted by molar-refractivity contribution is 6.53. The number of carbonyl (C=O) groups excluding carboxylic acids is 3. The molecule has 0 aliphatic carbocycles. The van der Waals surface area contributed by atoms with Crippen molar-refractivity contribution in [1.82, 2.24) is 0 Å². The molecule has 3 aromatic rings. The van der Waals surface area contributed by atoms with Crippen molar-refractivity contribution in [2.24, 2.45) is 0 Å². The highest BCUT2D eigenvalue weighted by atomic mass is 35.5. The number of carbonyl (C=O) groups is 3. The largest absolute Gasteiger partial charge is 0.495 e. The Kier molecular flexibility index (Phi) is 7.03. The molecule has 0 atom stereocenters. The van der Waals surface area contributed by atoms with Gasteiger partial charge in [0.25, 0.3) is 11.8 Å². The van der Waals surface area contributed by atoms with E-state index in [1.54, 1.807) is 49.4 Å². The molecule has 3 aromatic carbocycles. The molecule has 0 aromatic heterocycles. The van der Waals surface area contributed by atoms with E-state index in [1.807, 2.05) is 0 Å². The van der Waals surface area contributed by atoms with Gasteiger partial charge in [0, 0.05) is 15.7 Å². The van der Waals surface area contributed by atoms with Crippen molar-refractivity contribution in [2.75, 3.05) is 17.3 Å². The molecule has 0 spiro atoms. The smallest absolute Gasteiger partial charge is 0.343 e. The van der Waals surface area contributed by atoms with Crippen LogP contribution < -0.4 is 19.7 Å². The highest BCUT2D eigenvalue weighted by Gasteiger charge is 2.40. The standard InChI is InChI=1S/C25H17Cl3N2O5/c1-13-11-15(26)5-9-19(13)35-25(33)14-3-7-17(8-4-14)29-22-21(28)23(31)30(24(22)32)18-12-16(27)6-10-20(18)34-2/h3-12,29H,1-2H3. The second-order valence-electron chi connectivity index (χ2n) is 7.45. The molecule has 0 saturated carbocycles. The summed E-state index contributed by atoms with van der Waals surface area (Å²) in [5.41, 5.74) is 1.48. The number of rotatable bonds is 6. The number of nitrogens with one attached hydrogen (secondary N) is 1. The van der Waals surface area contributed by atoms with E-state index >= 15 is 0 Å². The SMILES string of the molecule is COc1ccc(Cl)cc1N1C(=O)C(Cl)=C(Nc2ccc(C(=O)Oc3ccc(Cl)cc3C)cc2)C1=O. The minimum Gasteiger partial charge on any atom is -0.495 e. The quantitative estimate of drug-likeness (QED) is 0.240. The first-order valence-electron chi connectivity index (χ1n) is 10.2. The topological polar surface area (TPSA) is 84.9 Å². The number of amides is 2. The molecule has 1 N–H and O–H groups in total. The Hall–Kier alpha value is -3.52. The molecule has 1 heterocycles. The van der Waals surface area contributed by atoms with Gasteiger partial charge in [-0.2, -0.15) is 0 Å². The van der Waals surface area contributed by atoms with Gasteiger partial charge in [0.2, 0.25) is 0 Å². The summed E-state index contributed by atoms with van der Waals surface area (Å²) in [7, 11) is 1.41. The molecule has 0 bridgehead atoms. The van der Waals surface area contributed by atoms with Crippen molar-refractivity contribution in [3.8, 4) is 11.5 Å². The lowest BCUT2D eigenvalue weighted by molar-refractivity contribution is -0.120. The van der Waals surface area contributed by atoms with E-state index in [-0.39, 0.29) is 27.7 Å². The Bertz CT molecular complexity index is 1390. The molecule has 35 heavy (non-hydrogen) atoms. The number of hydrogen-bond acceptors (Lipinski definition) is 6. The normalized spacial score (nSPS) is 13.3. The number of imide groups is 1. The van der Waals surface area contributed by atoms with Gasteiger partial charge in [-0.15, -0.1) is 0 Å². The van der Waals surface area contributed by atoms with Gasteiger partial charge in [-0.25, -0.2) is 9.69 Å². The number of benzene rings is 3. The molecule has 178 valence electrons. The Morgan fingerprint density at radius 2 is 1.49 bits per heavy atom. The van der Waals surface area contributed by atoms with Crippen LogP contribution in [0.5, 0.6) is 11.5 Å². The van der Waals surface area contributed by atoms with Gasteiger partial charge in [-0.05, 0) is 73.2 Å². The number of anilines is 2. The first-order valence-corrected chi connectivity index (χ1v) is 11.3. The van der Waals surface area contributed by atoms with E-state index in [4.69, 9.17) is 44.3 Å². The molecule has 0 saturated heterocycles. The van der Waals surface area contributed by atoms with E-state index in [9.17, 15) is 14.4 Å². The van der Waals surface area contributed by atoms with Crippen LogP contribution in [0.2, 0.25) is 10.0 Å². The summed E-state index contributed by atoms with van der Waals surface area (Å²) in [6.45, 7) is 1.78. The molecule has 1 aliphatic rings. The number of esters is 1. The van der Waals surface area contributed by atoms with E-state index < -0.39 is 17.8 Å².